The molecule has 16 heavy (non-hydrogen) atoms. The highest BCUT2D eigenvalue weighted by Crippen LogP contribution is 2.10. The summed E-state index contributed by atoms with van der Waals surface area (Å²) in [5.74, 6) is 0. The highest BCUT2D eigenvalue weighted by Gasteiger charge is 2.02. The van der Waals surface area contributed by atoms with Crippen molar-refractivity contribution in [3.63, 3.8) is 0 Å². The summed E-state index contributed by atoms with van der Waals surface area (Å²) >= 11 is 5.28. The molecule has 0 atom stereocenters. The molecule has 0 amide bonds. The normalized spacial score (nSPS) is 10.6. The van der Waals surface area contributed by atoms with E-state index in [0.717, 1.165) is 17.7 Å². The molecule has 1 heterocycles. The van der Waals surface area contributed by atoms with Crippen molar-refractivity contribution < 1.29 is 0 Å². The number of nitrogens with zero attached hydrogens (tertiary/aromatic N) is 1. The number of aryl methyl sites for hydroxylation is 2. The van der Waals surface area contributed by atoms with Crippen LogP contribution < -0.4 is 0 Å². The molecule has 0 saturated carbocycles. The smallest absolute Gasteiger partial charge is 0.177 e. The number of rotatable bonds is 3. The Morgan fingerprint density at radius 1 is 1.38 bits per heavy atom. The molecular formula is C13H16N2S. The number of hydrogen-bond donors (Lipinski definition) is 1. The molecule has 2 aromatic rings. The van der Waals surface area contributed by atoms with Crippen molar-refractivity contribution in [2.24, 2.45) is 0 Å². The third-order valence-electron chi connectivity index (χ3n) is 2.74. The zero-order valence-electron chi connectivity index (χ0n) is 9.66. The summed E-state index contributed by atoms with van der Waals surface area (Å²) < 4.78 is 2.96. The molecule has 0 aliphatic heterocycles. The molecule has 1 aromatic carbocycles. The van der Waals surface area contributed by atoms with E-state index in [1.165, 1.54) is 16.8 Å². The number of H-pyrrole nitrogens is 1. The number of aromatic amines is 1. The van der Waals surface area contributed by atoms with Gasteiger partial charge in [0, 0.05) is 11.9 Å². The lowest BCUT2D eigenvalue weighted by molar-refractivity contribution is 0.735. The third kappa shape index (κ3) is 2.25. The number of aromatic nitrogens is 2. The van der Waals surface area contributed by atoms with Gasteiger partial charge in [-0.1, -0.05) is 36.8 Å². The summed E-state index contributed by atoms with van der Waals surface area (Å²) in [6.07, 6.45) is 3.00. The van der Waals surface area contributed by atoms with Crippen LogP contribution in [0.4, 0.5) is 0 Å². The Morgan fingerprint density at radius 2 is 2.19 bits per heavy atom. The van der Waals surface area contributed by atoms with Gasteiger partial charge in [-0.05, 0) is 31.1 Å². The highest BCUT2D eigenvalue weighted by atomic mass is 32.1. The third-order valence-corrected chi connectivity index (χ3v) is 3.08. The summed E-state index contributed by atoms with van der Waals surface area (Å²) in [6.45, 7) is 5.11. The summed E-state index contributed by atoms with van der Waals surface area (Å²) in [5, 5.41) is 0. The minimum Gasteiger partial charge on any atom is -0.337 e. The summed E-state index contributed by atoms with van der Waals surface area (Å²) in [7, 11) is 0. The predicted octanol–water partition coefficient (Wildman–Crippen LogP) is 3.46. The van der Waals surface area contributed by atoms with Crippen molar-refractivity contribution in [2.45, 2.75) is 26.8 Å². The average Bonchev–Trinajstić information content (AvgIpc) is 2.60. The maximum Gasteiger partial charge on any atom is 0.177 e. The van der Waals surface area contributed by atoms with E-state index in [1.807, 2.05) is 6.20 Å². The topological polar surface area (TPSA) is 20.7 Å². The Hall–Kier alpha value is -1.35. The van der Waals surface area contributed by atoms with Crippen LogP contribution in [0, 0.1) is 11.7 Å². The lowest BCUT2D eigenvalue weighted by atomic mass is 10.1. The van der Waals surface area contributed by atoms with Gasteiger partial charge in [-0.3, -0.25) is 0 Å². The van der Waals surface area contributed by atoms with E-state index in [1.54, 1.807) is 0 Å². The lowest BCUT2D eigenvalue weighted by Gasteiger charge is -2.07. The number of imidazole rings is 1. The zero-order chi connectivity index (χ0) is 11.5. The van der Waals surface area contributed by atoms with Gasteiger partial charge in [0.2, 0.25) is 0 Å². The first kappa shape index (κ1) is 11.1. The van der Waals surface area contributed by atoms with Crippen molar-refractivity contribution >= 4 is 12.2 Å². The number of nitrogens with one attached hydrogen (secondary N) is 1. The highest BCUT2D eigenvalue weighted by molar-refractivity contribution is 7.71. The maximum atomic E-state index is 5.28. The van der Waals surface area contributed by atoms with Gasteiger partial charge in [-0.2, -0.15) is 0 Å². The van der Waals surface area contributed by atoms with Crippen LogP contribution in [0.2, 0.25) is 0 Å². The molecule has 2 nitrogen and oxygen atoms in total. The zero-order valence-corrected chi connectivity index (χ0v) is 10.5. The predicted molar refractivity (Wildman–Crippen MR) is 69.3 cm³/mol. The SMILES string of the molecule is CCc1c[nH]c(=S)n1Cc1cccc(C)c1. The van der Waals surface area contributed by atoms with E-state index in [-0.39, 0.29) is 0 Å². The number of benzene rings is 1. The van der Waals surface area contributed by atoms with E-state index >= 15 is 0 Å². The molecule has 2 rings (SSSR count). The molecule has 0 spiro atoms. The molecule has 0 fully saturated rings. The fourth-order valence-corrected chi connectivity index (χ4v) is 2.13. The summed E-state index contributed by atoms with van der Waals surface area (Å²) in [6, 6.07) is 8.54. The van der Waals surface area contributed by atoms with Gasteiger partial charge in [0.15, 0.2) is 4.77 Å². The van der Waals surface area contributed by atoms with Crippen LogP contribution in [0.3, 0.4) is 0 Å². The van der Waals surface area contributed by atoms with Crippen LogP contribution in [0.5, 0.6) is 0 Å². The van der Waals surface area contributed by atoms with E-state index in [9.17, 15) is 0 Å². The molecule has 84 valence electrons. The minimum atomic E-state index is 0.804. The van der Waals surface area contributed by atoms with Crippen LogP contribution in [-0.4, -0.2) is 9.55 Å². The molecule has 0 saturated heterocycles. The fraction of sp³-hybridized carbons (Fsp3) is 0.308. The number of hydrogen-bond acceptors (Lipinski definition) is 1. The first-order valence-electron chi connectivity index (χ1n) is 5.53. The molecule has 1 aromatic heterocycles. The molecule has 0 aliphatic rings. The first-order valence-corrected chi connectivity index (χ1v) is 5.94. The first-order chi connectivity index (χ1) is 7.70. The Morgan fingerprint density at radius 3 is 2.88 bits per heavy atom. The second kappa shape index (κ2) is 4.66. The largest absolute Gasteiger partial charge is 0.337 e. The second-order valence-electron chi connectivity index (χ2n) is 4.01. The van der Waals surface area contributed by atoms with Gasteiger partial charge in [0.25, 0.3) is 0 Å². The van der Waals surface area contributed by atoms with Crippen molar-refractivity contribution in [3.8, 4) is 0 Å². The molecule has 0 aliphatic carbocycles. The van der Waals surface area contributed by atoms with Gasteiger partial charge in [0.1, 0.15) is 0 Å². The molecule has 3 heteroatoms. The maximum absolute atomic E-state index is 5.28. The van der Waals surface area contributed by atoms with Crippen LogP contribution in [0.25, 0.3) is 0 Å². The quantitative estimate of drug-likeness (QED) is 0.804. The van der Waals surface area contributed by atoms with E-state index < -0.39 is 0 Å². The van der Waals surface area contributed by atoms with Crippen molar-refractivity contribution in [1.29, 1.82) is 0 Å². The van der Waals surface area contributed by atoms with Gasteiger partial charge in [-0.25, -0.2) is 0 Å². The van der Waals surface area contributed by atoms with Crippen LogP contribution >= 0.6 is 12.2 Å². The van der Waals surface area contributed by atoms with Gasteiger partial charge >= 0.3 is 0 Å². The summed E-state index contributed by atoms with van der Waals surface area (Å²) in [4.78, 5) is 3.10. The standard InChI is InChI=1S/C13H16N2S/c1-3-12-8-14-13(16)15(12)9-11-6-4-5-10(2)7-11/h4-8H,3,9H2,1-2H3,(H,14,16). The van der Waals surface area contributed by atoms with E-state index in [0.29, 0.717) is 0 Å². The van der Waals surface area contributed by atoms with Crippen LogP contribution in [-0.2, 0) is 13.0 Å². The Labute approximate surface area is 101 Å². The van der Waals surface area contributed by atoms with Gasteiger partial charge in [-0.15, -0.1) is 0 Å². The lowest BCUT2D eigenvalue weighted by Crippen LogP contribution is -2.03. The molecule has 0 unspecified atom stereocenters. The molecule has 0 radical (unpaired) electrons. The van der Waals surface area contributed by atoms with Crippen molar-refractivity contribution in [3.05, 3.63) is 52.1 Å². The van der Waals surface area contributed by atoms with E-state index in [4.69, 9.17) is 12.2 Å². The minimum absolute atomic E-state index is 0.804. The average molecular weight is 232 g/mol. The Bertz CT molecular complexity index is 537. The van der Waals surface area contributed by atoms with Gasteiger partial charge < -0.3 is 9.55 Å². The van der Waals surface area contributed by atoms with Crippen LogP contribution in [0.15, 0.2) is 30.5 Å². The van der Waals surface area contributed by atoms with Gasteiger partial charge in [0.05, 0.1) is 6.54 Å². The van der Waals surface area contributed by atoms with Crippen molar-refractivity contribution in [2.75, 3.05) is 0 Å². The van der Waals surface area contributed by atoms with Crippen LogP contribution in [0.1, 0.15) is 23.7 Å². The second-order valence-corrected chi connectivity index (χ2v) is 4.40. The van der Waals surface area contributed by atoms with Crippen molar-refractivity contribution in [1.82, 2.24) is 9.55 Å². The Balaban J connectivity index is 2.33. The Kier molecular flexibility index (Phi) is 3.25. The molecule has 1 N–H and O–H groups in total. The molecular weight excluding hydrogens is 216 g/mol. The molecule has 0 bridgehead atoms. The monoisotopic (exact) mass is 232 g/mol. The summed E-state index contributed by atoms with van der Waals surface area (Å²) in [5.41, 5.74) is 3.84. The fourth-order valence-electron chi connectivity index (χ4n) is 1.89. The van der Waals surface area contributed by atoms with E-state index in [2.05, 4.69) is 47.7 Å².